The summed E-state index contributed by atoms with van der Waals surface area (Å²) in [5, 5.41) is 0. The fourth-order valence-corrected chi connectivity index (χ4v) is 4.13. The molecule has 0 bridgehead atoms. The summed E-state index contributed by atoms with van der Waals surface area (Å²) in [5.41, 5.74) is 3.18. The van der Waals surface area contributed by atoms with Gasteiger partial charge < -0.3 is 0 Å². The average molecular weight is 393 g/mol. The topological polar surface area (TPSA) is 0 Å². The van der Waals surface area contributed by atoms with Crippen LogP contribution in [0.1, 0.15) is 5.56 Å². The summed E-state index contributed by atoms with van der Waals surface area (Å²) in [7, 11) is 0. The molecule has 0 aliphatic rings. The Morgan fingerprint density at radius 1 is 0.500 bits per heavy atom. The quantitative estimate of drug-likeness (QED) is 0.309. The van der Waals surface area contributed by atoms with Gasteiger partial charge in [-0.1, -0.05) is 48.5 Å². The van der Waals surface area contributed by atoms with Crippen molar-refractivity contribution in [1.82, 2.24) is 0 Å². The molecule has 1 aromatic heterocycles. The predicted molar refractivity (Wildman–Crippen MR) is 110 cm³/mol. The molecule has 4 aromatic rings. The lowest BCUT2D eigenvalue weighted by Gasteiger charge is -2.08. The second-order valence-corrected chi connectivity index (χ2v) is 7.47. The van der Waals surface area contributed by atoms with Gasteiger partial charge in [-0.15, -0.1) is 0 Å². The summed E-state index contributed by atoms with van der Waals surface area (Å²) in [6, 6.07) is 29.4. The maximum Gasteiger partial charge on any atom is 0.416 e. The highest BCUT2D eigenvalue weighted by atomic mass is 32.1. The van der Waals surface area contributed by atoms with Crippen LogP contribution in [0.2, 0.25) is 0 Å². The molecule has 0 nitrogen and oxygen atoms in total. The Hall–Kier alpha value is -2.98. The first-order chi connectivity index (χ1) is 13.5. The summed E-state index contributed by atoms with van der Waals surface area (Å²) in [6.45, 7) is 0. The van der Waals surface area contributed by atoms with Crippen molar-refractivity contribution in [3.8, 4) is 32.0 Å². The Balaban J connectivity index is 1.85. The number of halogens is 3. The van der Waals surface area contributed by atoms with E-state index >= 15 is 0 Å². The van der Waals surface area contributed by atoms with Crippen molar-refractivity contribution < 1.29 is 13.2 Å². The molecule has 0 spiro atoms. The van der Waals surface area contributed by atoms with Crippen molar-refractivity contribution >= 4 is 11.3 Å². The van der Waals surface area contributed by atoms with Gasteiger partial charge in [0.2, 0.25) is 21.1 Å². The van der Waals surface area contributed by atoms with Gasteiger partial charge >= 0.3 is 6.18 Å². The lowest BCUT2D eigenvalue weighted by Crippen LogP contribution is -2.03. The molecule has 28 heavy (non-hydrogen) atoms. The van der Waals surface area contributed by atoms with E-state index in [1.165, 1.54) is 12.1 Å². The van der Waals surface area contributed by atoms with E-state index in [2.05, 4.69) is 0 Å². The molecule has 0 fully saturated rings. The number of alkyl halides is 3. The molecule has 0 saturated carbocycles. The van der Waals surface area contributed by atoms with E-state index in [9.17, 15) is 13.2 Å². The van der Waals surface area contributed by atoms with Crippen LogP contribution in [-0.4, -0.2) is 0 Å². The summed E-state index contributed by atoms with van der Waals surface area (Å²) >= 11 is 1.66. The molecule has 0 aliphatic carbocycles. The second-order valence-electron chi connectivity index (χ2n) is 6.38. The Labute approximate surface area is 165 Å². The van der Waals surface area contributed by atoms with E-state index < -0.39 is 11.7 Å². The first-order valence-corrected chi connectivity index (χ1v) is 9.59. The number of benzene rings is 3. The highest BCUT2D eigenvalue weighted by molar-refractivity contribution is 7.18. The first-order valence-electron chi connectivity index (χ1n) is 8.77. The van der Waals surface area contributed by atoms with Gasteiger partial charge in [0.05, 0.1) is 5.56 Å². The summed E-state index contributed by atoms with van der Waals surface area (Å²) < 4.78 is 38.7. The first kappa shape index (κ1) is 18.4. The van der Waals surface area contributed by atoms with Gasteiger partial charge in [-0.05, 0) is 47.5 Å². The molecular formula is C24H16F3S+. The molecule has 0 N–H and O–H groups in total. The van der Waals surface area contributed by atoms with Gasteiger partial charge in [0.1, 0.15) is 0 Å². The number of hydrogen-bond acceptors (Lipinski definition) is 0. The van der Waals surface area contributed by atoms with Crippen LogP contribution >= 0.6 is 11.3 Å². The lowest BCUT2D eigenvalue weighted by atomic mass is 10.0. The number of rotatable bonds is 3. The van der Waals surface area contributed by atoms with Crippen molar-refractivity contribution in [2.75, 3.05) is 0 Å². The van der Waals surface area contributed by atoms with Crippen molar-refractivity contribution in [2.24, 2.45) is 0 Å². The van der Waals surface area contributed by atoms with Crippen molar-refractivity contribution in [3.63, 3.8) is 0 Å². The molecule has 0 saturated heterocycles. The molecule has 0 atom stereocenters. The molecule has 0 unspecified atom stereocenters. The third kappa shape index (κ3) is 3.97. The summed E-state index contributed by atoms with van der Waals surface area (Å²) in [6.07, 6.45) is -4.33. The largest absolute Gasteiger partial charge is 0.416 e. The molecule has 4 heteroatoms. The lowest BCUT2D eigenvalue weighted by molar-refractivity contribution is -0.137. The van der Waals surface area contributed by atoms with Crippen LogP contribution in [0.4, 0.5) is 13.2 Å². The fourth-order valence-electron chi connectivity index (χ4n) is 3.01. The van der Waals surface area contributed by atoms with E-state index in [-0.39, 0.29) is 0 Å². The monoisotopic (exact) mass is 393 g/mol. The minimum absolute atomic E-state index is 0.637. The molecule has 0 amide bonds. The summed E-state index contributed by atoms with van der Waals surface area (Å²) in [5.74, 6) is 0. The van der Waals surface area contributed by atoms with E-state index in [4.69, 9.17) is 0 Å². The molecule has 0 radical (unpaired) electrons. The Morgan fingerprint density at radius 2 is 0.964 bits per heavy atom. The van der Waals surface area contributed by atoms with Gasteiger partial charge in [0.15, 0.2) is 0 Å². The maximum absolute atomic E-state index is 12.9. The van der Waals surface area contributed by atoms with Crippen LogP contribution in [0.5, 0.6) is 0 Å². The smallest absolute Gasteiger partial charge is 0.166 e. The van der Waals surface area contributed by atoms with Crippen molar-refractivity contribution in [3.05, 3.63) is 103 Å². The van der Waals surface area contributed by atoms with E-state index in [1.54, 1.807) is 11.3 Å². The third-order valence-electron chi connectivity index (χ3n) is 4.46. The minimum Gasteiger partial charge on any atom is -0.166 e. The molecular weight excluding hydrogens is 377 g/mol. The molecule has 1 heterocycles. The number of hydrogen-bond donors (Lipinski definition) is 0. The molecule has 4 rings (SSSR count). The standard InChI is InChI=1S/C24H16F3S/c25-24(26,27)21-13-11-17(12-14-21)20-15-22(18-7-3-1-4-8-18)28-23(16-20)19-9-5-2-6-10-19/h1-16H/q+1. The van der Waals surface area contributed by atoms with Crippen LogP contribution in [0.3, 0.4) is 0 Å². The fraction of sp³-hybridized carbons (Fsp3) is 0.0417. The maximum atomic E-state index is 12.9. The van der Waals surface area contributed by atoms with Crippen LogP contribution < -0.4 is 0 Å². The average Bonchev–Trinajstić information content (AvgIpc) is 2.74. The molecule has 0 aliphatic heterocycles. The van der Waals surface area contributed by atoms with Crippen LogP contribution in [0, 0.1) is 0 Å². The van der Waals surface area contributed by atoms with Gasteiger partial charge in [-0.2, -0.15) is 13.2 Å². The Morgan fingerprint density at radius 3 is 1.39 bits per heavy atom. The zero-order valence-electron chi connectivity index (χ0n) is 14.8. The Bertz CT molecular complexity index is 1010. The highest BCUT2D eigenvalue weighted by Crippen LogP contribution is 2.38. The normalized spacial score (nSPS) is 11.4. The van der Waals surface area contributed by atoms with Crippen LogP contribution in [0.25, 0.3) is 32.0 Å². The predicted octanol–water partition coefficient (Wildman–Crippen LogP) is 8.05. The zero-order valence-corrected chi connectivity index (χ0v) is 15.6. The zero-order chi connectivity index (χ0) is 19.6. The summed E-state index contributed by atoms with van der Waals surface area (Å²) in [4.78, 5) is 2.13. The van der Waals surface area contributed by atoms with Gasteiger partial charge in [-0.3, -0.25) is 0 Å². The molecule has 138 valence electrons. The highest BCUT2D eigenvalue weighted by Gasteiger charge is 2.30. The minimum atomic E-state index is -4.33. The van der Waals surface area contributed by atoms with Gasteiger partial charge in [0.25, 0.3) is 0 Å². The molecule has 3 aromatic carbocycles. The van der Waals surface area contributed by atoms with Gasteiger partial charge in [-0.25, -0.2) is 0 Å². The Kier molecular flexibility index (Phi) is 4.97. The van der Waals surface area contributed by atoms with E-state index in [0.717, 1.165) is 44.1 Å². The SMILES string of the molecule is FC(F)(F)c1ccc(-c2cc(-c3ccccc3)[s+]c(-c3ccccc3)c2)cc1. The third-order valence-corrected chi connectivity index (χ3v) is 5.60. The van der Waals surface area contributed by atoms with Crippen LogP contribution in [0.15, 0.2) is 97.1 Å². The second kappa shape index (κ2) is 7.56. The van der Waals surface area contributed by atoms with Crippen molar-refractivity contribution in [2.45, 2.75) is 6.18 Å². The van der Waals surface area contributed by atoms with Crippen molar-refractivity contribution in [1.29, 1.82) is 0 Å². The van der Waals surface area contributed by atoms with E-state index in [0.29, 0.717) is 0 Å². The van der Waals surface area contributed by atoms with Gasteiger partial charge in [0, 0.05) is 23.3 Å². The van der Waals surface area contributed by atoms with E-state index in [1.807, 2.05) is 72.8 Å². The van der Waals surface area contributed by atoms with Crippen LogP contribution in [-0.2, 0) is 6.18 Å².